The normalized spacial score (nSPS) is 28.7. The van der Waals surface area contributed by atoms with Crippen molar-refractivity contribution in [3.8, 4) is 0 Å². The van der Waals surface area contributed by atoms with E-state index in [1.807, 2.05) is 20.8 Å². The zero-order valence-corrected chi connectivity index (χ0v) is 22.7. The largest absolute Gasteiger partial charge is 1.00 e. The second-order valence-corrected chi connectivity index (χ2v) is 10.1. The Morgan fingerprint density at radius 1 is 1.27 bits per heavy atom. The summed E-state index contributed by atoms with van der Waals surface area (Å²) >= 11 is 0. The number of esters is 1. The van der Waals surface area contributed by atoms with E-state index in [9.17, 15) is 30.0 Å². The van der Waals surface area contributed by atoms with Gasteiger partial charge in [-0.2, -0.15) is 0 Å². The molecule has 0 radical (unpaired) electrons. The van der Waals surface area contributed by atoms with Crippen LogP contribution in [0.3, 0.4) is 0 Å². The number of aliphatic carboxylic acids is 1. The van der Waals surface area contributed by atoms with Gasteiger partial charge in [-0.15, -0.1) is 0 Å². The molecular weight excluding hydrogens is 435 g/mol. The standard InChI is InChI=1S/C25H40O7.Na/c1-5-25(3,4)24(31)32-21-11-16(14-26)10-17-7-6-15(2)20(23(17)21)9-8-18(27)12-19(28)13-22(29)30;/h6-7,10,15-16,18-21,23,26-28H,5,8-9,11-14H2,1-4H3,(H,29,30);/q;+1/p-1. The molecule has 8 heteroatoms. The maximum absolute atomic E-state index is 12.9. The van der Waals surface area contributed by atoms with E-state index in [0.717, 1.165) is 5.57 Å². The Hall–Kier alpha value is -0.700. The van der Waals surface area contributed by atoms with Gasteiger partial charge in [0, 0.05) is 30.8 Å². The van der Waals surface area contributed by atoms with Gasteiger partial charge in [0.25, 0.3) is 0 Å². The van der Waals surface area contributed by atoms with Gasteiger partial charge in [0.1, 0.15) is 6.10 Å². The first-order valence-corrected chi connectivity index (χ1v) is 11.8. The van der Waals surface area contributed by atoms with Crippen molar-refractivity contribution in [3.05, 3.63) is 23.8 Å². The third-order valence-electron chi connectivity index (χ3n) is 7.19. The van der Waals surface area contributed by atoms with E-state index in [2.05, 4.69) is 25.2 Å². The average Bonchev–Trinajstić information content (AvgIpc) is 2.72. The molecule has 2 aliphatic rings. The SMILES string of the molecule is CCC(C)(C)C(=O)OC1CC(CO)C=C2C=CC(C)C(CCC(O)CC(O)CC(=O)[O-])C21.[Na+]. The predicted molar refractivity (Wildman–Crippen MR) is 118 cm³/mol. The number of hydrogen-bond donors (Lipinski definition) is 3. The Morgan fingerprint density at radius 3 is 2.52 bits per heavy atom. The van der Waals surface area contributed by atoms with Gasteiger partial charge in [-0.1, -0.05) is 32.1 Å². The van der Waals surface area contributed by atoms with Crippen molar-refractivity contribution in [2.24, 2.45) is 29.1 Å². The van der Waals surface area contributed by atoms with Crippen LogP contribution < -0.4 is 34.7 Å². The molecule has 2 aliphatic carbocycles. The van der Waals surface area contributed by atoms with Crippen LogP contribution in [-0.4, -0.2) is 52.2 Å². The third-order valence-corrected chi connectivity index (χ3v) is 7.19. The number of allylic oxidation sites excluding steroid dienone is 2. The molecule has 0 fully saturated rings. The number of hydrogen-bond acceptors (Lipinski definition) is 7. The number of fused-ring (bicyclic) bond motifs is 1. The molecule has 182 valence electrons. The van der Waals surface area contributed by atoms with Gasteiger partial charge in [-0.3, -0.25) is 4.79 Å². The monoisotopic (exact) mass is 474 g/mol. The van der Waals surface area contributed by atoms with E-state index in [1.54, 1.807) is 0 Å². The van der Waals surface area contributed by atoms with E-state index in [-0.39, 0.29) is 78.3 Å². The van der Waals surface area contributed by atoms with Crippen molar-refractivity contribution >= 4 is 11.9 Å². The van der Waals surface area contributed by atoms with Crippen molar-refractivity contribution in [3.63, 3.8) is 0 Å². The van der Waals surface area contributed by atoms with Crippen LogP contribution >= 0.6 is 0 Å². The summed E-state index contributed by atoms with van der Waals surface area (Å²) in [5.41, 5.74) is 0.462. The second-order valence-electron chi connectivity index (χ2n) is 10.1. The Morgan fingerprint density at radius 2 is 1.94 bits per heavy atom. The van der Waals surface area contributed by atoms with Crippen LogP contribution in [0.15, 0.2) is 23.8 Å². The van der Waals surface area contributed by atoms with E-state index >= 15 is 0 Å². The zero-order chi connectivity index (χ0) is 24.1. The molecule has 0 aliphatic heterocycles. The third kappa shape index (κ3) is 8.48. The molecule has 33 heavy (non-hydrogen) atoms. The van der Waals surface area contributed by atoms with Gasteiger partial charge in [0.05, 0.1) is 17.6 Å². The molecule has 0 aromatic heterocycles. The Bertz CT molecular complexity index is 718. The van der Waals surface area contributed by atoms with Crippen molar-refractivity contribution < 1.29 is 64.3 Å². The molecule has 3 N–H and O–H groups in total. The van der Waals surface area contributed by atoms with E-state index in [4.69, 9.17) is 4.74 Å². The van der Waals surface area contributed by atoms with Gasteiger partial charge in [0.15, 0.2) is 0 Å². The summed E-state index contributed by atoms with van der Waals surface area (Å²) in [6.45, 7) is 7.78. The van der Waals surface area contributed by atoms with Gasteiger partial charge in [0.2, 0.25) is 0 Å². The summed E-state index contributed by atoms with van der Waals surface area (Å²) in [4.78, 5) is 23.5. The predicted octanol–water partition coefficient (Wildman–Crippen LogP) is -1.25. The summed E-state index contributed by atoms with van der Waals surface area (Å²) in [6.07, 6.45) is 5.65. The minimum absolute atomic E-state index is 0. The molecular formula is C25H39NaO7. The molecule has 2 rings (SSSR count). The fourth-order valence-electron chi connectivity index (χ4n) is 4.76. The first-order valence-electron chi connectivity index (χ1n) is 11.8. The van der Waals surface area contributed by atoms with Crippen LogP contribution in [0.4, 0.5) is 0 Å². The quantitative estimate of drug-likeness (QED) is 0.252. The molecule has 0 amide bonds. The van der Waals surface area contributed by atoms with Crippen molar-refractivity contribution in [1.29, 1.82) is 0 Å². The molecule has 0 aromatic carbocycles. The number of carbonyl (C=O) groups is 2. The fraction of sp³-hybridized carbons (Fsp3) is 0.760. The number of aliphatic hydroxyl groups excluding tert-OH is 3. The van der Waals surface area contributed by atoms with Crippen LogP contribution in [0.5, 0.6) is 0 Å². The topological polar surface area (TPSA) is 127 Å². The number of rotatable bonds is 11. The molecule has 0 heterocycles. The van der Waals surface area contributed by atoms with Gasteiger partial charge in [-0.05, 0) is 63.4 Å². The molecule has 0 bridgehead atoms. The Labute approximate surface area is 219 Å². The number of aliphatic hydroxyl groups is 3. The molecule has 0 spiro atoms. The van der Waals surface area contributed by atoms with Gasteiger partial charge >= 0.3 is 35.5 Å². The van der Waals surface area contributed by atoms with E-state index in [1.165, 1.54) is 0 Å². The first-order chi connectivity index (χ1) is 15.0. The molecule has 0 saturated heterocycles. The smallest absolute Gasteiger partial charge is 0.550 e. The van der Waals surface area contributed by atoms with Crippen molar-refractivity contribution in [2.75, 3.05) is 6.61 Å². The van der Waals surface area contributed by atoms with Crippen LogP contribution in [0.2, 0.25) is 0 Å². The van der Waals surface area contributed by atoms with Crippen LogP contribution in [0.1, 0.15) is 66.2 Å². The van der Waals surface area contributed by atoms with Gasteiger partial charge < -0.3 is 30.0 Å². The summed E-state index contributed by atoms with van der Waals surface area (Å²) in [6, 6.07) is 0. The summed E-state index contributed by atoms with van der Waals surface area (Å²) < 4.78 is 6.04. The van der Waals surface area contributed by atoms with E-state index in [0.29, 0.717) is 25.7 Å². The molecule has 7 unspecified atom stereocenters. The fourth-order valence-corrected chi connectivity index (χ4v) is 4.76. The minimum atomic E-state index is -1.34. The maximum Gasteiger partial charge on any atom is 1.00 e. The van der Waals surface area contributed by atoms with Crippen LogP contribution in [0.25, 0.3) is 0 Å². The maximum atomic E-state index is 12.9. The Balaban J connectivity index is 0.00000544. The molecule has 0 saturated carbocycles. The van der Waals surface area contributed by atoms with Crippen molar-refractivity contribution in [2.45, 2.75) is 84.5 Å². The average molecular weight is 475 g/mol. The minimum Gasteiger partial charge on any atom is -0.550 e. The zero-order valence-electron chi connectivity index (χ0n) is 20.7. The van der Waals surface area contributed by atoms with Gasteiger partial charge in [-0.25, -0.2) is 0 Å². The number of ether oxygens (including phenoxy) is 1. The summed E-state index contributed by atoms with van der Waals surface area (Å²) in [7, 11) is 0. The van der Waals surface area contributed by atoms with Crippen LogP contribution in [0, 0.1) is 29.1 Å². The summed E-state index contributed by atoms with van der Waals surface area (Å²) in [5.74, 6) is -1.38. The van der Waals surface area contributed by atoms with E-state index < -0.39 is 30.0 Å². The number of carboxylic acids is 1. The van der Waals surface area contributed by atoms with Crippen molar-refractivity contribution in [1.82, 2.24) is 0 Å². The first kappa shape index (κ1) is 30.3. The number of carboxylic acid groups (broad SMARTS) is 1. The molecule has 7 nitrogen and oxygen atoms in total. The second kappa shape index (κ2) is 13.4. The van der Waals surface area contributed by atoms with Crippen LogP contribution in [-0.2, 0) is 14.3 Å². The Kier molecular flexibility index (Phi) is 12.3. The molecule has 0 aromatic rings. The summed E-state index contributed by atoms with van der Waals surface area (Å²) in [5, 5.41) is 40.5. The number of carbonyl (C=O) groups excluding carboxylic acids is 2. The molecule has 7 atom stereocenters.